The Labute approximate surface area is 128 Å². The summed E-state index contributed by atoms with van der Waals surface area (Å²) in [7, 11) is 1.79. The van der Waals surface area contributed by atoms with Crippen molar-refractivity contribution in [3.8, 4) is 0 Å². The molecule has 3 nitrogen and oxygen atoms in total. The number of aliphatic hydroxyl groups excluding tert-OH is 1. The topological polar surface area (TPSA) is 40.5 Å². The largest absolute Gasteiger partial charge is 0.391 e. The maximum absolute atomic E-state index is 12.4. The van der Waals surface area contributed by atoms with Gasteiger partial charge in [-0.1, -0.05) is 43.7 Å². The lowest BCUT2D eigenvalue weighted by molar-refractivity contribution is -0.132. The number of hydrogen-bond donors (Lipinski definition) is 1. The van der Waals surface area contributed by atoms with E-state index in [1.807, 2.05) is 0 Å². The number of aliphatic hydroxyl groups is 1. The number of amides is 1. The first-order valence-corrected chi connectivity index (χ1v) is 7.79. The minimum Gasteiger partial charge on any atom is -0.391 e. The molecule has 0 aromatic heterocycles. The second-order valence-corrected chi connectivity index (χ2v) is 7.11. The second-order valence-electron chi connectivity index (χ2n) is 7.11. The molecule has 0 bridgehead atoms. The molecular weight excluding hydrogens is 262 g/mol. The highest BCUT2D eigenvalue weighted by molar-refractivity contribution is 5.77. The van der Waals surface area contributed by atoms with Crippen molar-refractivity contribution in [1.82, 2.24) is 4.90 Å². The molecule has 0 saturated heterocycles. The zero-order valence-corrected chi connectivity index (χ0v) is 13.6. The number of nitrogens with zero attached hydrogens (tertiary/aromatic N) is 1. The van der Waals surface area contributed by atoms with Gasteiger partial charge in [0.1, 0.15) is 0 Å². The lowest BCUT2D eigenvalue weighted by Crippen LogP contribution is -2.38. The maximum atomic E-state index is 12.4. The van der Waals surface area contributed by atoms with Crippen molar-refractivity contribution in [3.05, 3.63) is 35.4 Å². The Morgan fingerprint density at radius 2 is 1.90 bits per heavy atom. The van der Waals surface area contributed by atoms with E-state index in [4.69, 9.17) is 0 Å². The van der Waals surface area contributed by atoms with Crippen LogP contribution in [0.4, 0.5) is 0 Å². The first-order chi connectivity index (χ1) is 9.79. The first kappa shape index (κ1) is 16.0. The Kier molecular flexibility index (Phi) is 4.72. The Morgan fingerprint density at radius 1 is 1.33 bits per heavy atom. The molecule has 0 spiro atoms. The first-order valence-electron chi connectivity index (χ1n) is 7.79. The van der Waals surface area contributed by atoms with E-state index in [1.165, 1.54) is 11.1 Å². The molecular formula is C18H27NO2. The molecule has 1 aliphatic carbocycles. The van der Waals surface area contributed by atoms with Crippen LogP contribution in [-0.2, 0) is 10.2 Å². The highest BCUT2D eigenvalue weighted by Gasteiger charge is 2.32. The van der Waals surface area contributed by atoms with Crippen LogP contribution in [-0.4, -0.2) is 35.6 Å². The summed E-state index contributed by atoms with van der Waals surface area (Å²) in [5, 5.41) is 9.96. The zero-order chi connectivity index (χ0) is 15.6. The third kappa shape index (κ3) is 4.31. The Bertz CT molecular complexity index is 488. The lowest BCUT2D eigenvalue weighted by Gasteiger charge is -2.28. The molecule has 1 fully saturated rings. The minimum atomic E-state index is -0.360. The van der Waals surface area contributed by atoms with Gasteiger partial charge in [-0.3, -0.25) is 4.79 Å². The summed E-state index contributed by atoms with van der Waals surface area (Å²) in [5.41, 5.74) is 2.21. The monoisotopic (exact) mass is 289 g/mol. The molecule has 0 radical (unpaired) electrons. The summed E-state index contributed by atoms with van der Waals surface area (Å²) in [4.78, 5) is 14.1. The summed E-state index contributed by atoms with van der Waals surface area (Å²) in [6.45, 7) is 6.71. The molecule has 3 heteroatoms. The fourth-order valence-electron chi connectivity index (χ4n) is 2.63. The summed E-state index contributed by atoms with van der Waals surface area (Å²) in [5.74, 6) is 0.505. The predicted molar refractivity (Wildman–Crippen MR) is 85.2 cm³/mol. The van der Waals surface area contributed by atoms with Gasteiger partial charge in [-0.25, -0.2) is 0 Å². The fourth-order valence-corrected chi connectivity index (χ4v) is 2.63. The molecule has 116 valence electrons. The standard InChI is InChI=1S/C18H27NO2/c1-13-5-9-15(10-6-13)18(2,3)11-17(21)19(4)12-16(20)14-7-8-14/h5-6,9-10,14,16,20H,7-8,11-12H2,1-4H3. The molecule has 1 aliphatic rings. The van der Waals surface area contributed by atoms with E-state index in [9.17, 15) is 9.90 Å². The van der Waals surface area contributed by atoms with E-state index in [0.29, 0.717) is 18.9 Å². The van der Waals surface area contributed by atoms with Crippen LogP contribution in [0.25, 0.3) is 0 Å². The van der Waals surface area contributed by atoms with Crippen LogP contribution in [0.3, 0.4) is 0 Å². The van der Waals surface area contributed by atoms with Gasteiger partial charge in [-0.2, -0.15) is 0 Å². The van der Waals surface area contributed by atoms with Crippen LogP contribution >= 0.6 is 0 Å². The maximum Gasteiger partial charge on any atom is 0.223 e. The Balaban J connectivity index is 1.94. The zero-order valence-electron chi connectivity index (χ0n) is 13.6. The predicted octanol–water partition coefficient (Wildman–Crippen LogP) is 2.89. The molecule has 2 rings (SSSR count). The number of likely N-dealkylation sites (N-methyl/N-ethyl adjacent to an activating group) is 1. The van der Waals surface area contributed by atoms with Crippen molar-refractivity contribution in [2.75, 3.05) is 13.6 Å². The van der Waals surface area contributed by atoms with Crippen LogP contribution in [0.1, 0.15) is 44.2 Å². The molecule has 0 heterocycles. The molecule has 1 unspecified atom stereocenters. The molecule has 1 aromatic rings. The van der Waals surface area contributed by atoms with Crippen LogP contribution < -0.4 is 0 Å². The average Bonchev–Trinajstić information content (AvgIpc) is 3.22. The average molecular weight is 289 g/mol. The minimum absolute atomic E-state index is 0.0975. The molecule has 1 atom stereocenters. The van der Waals surface area contributed by atoms with Gasteiger partial charge in [-0.05, 0) is 36.7 Å². The van der Waals surface area contributed by atoms with Crippen LogP contribution in [0.15, 0.2) is 24.3 Å². The van der Waals surface area contributed by atoms with Gasteiger partial charge in [0.2, 0.25) is 5.91 Å². The molecule has 1 N–H and O–H groups in total. The van der Waals surface area contributed by atoms with Crippen molar-refractivity contribution in [1.29, 1.82) is 0 Å². The van der Waals surface area contributed by atoms with Crippen LogP contribution in [0.5, 0.6) is 0 Å². The van der Waals surface area contributed by atoms with E-state index < -0.39 is 0 Å². The van der Waals surface area contributed by atoms with Gasteiger partial charge in [-0.15, -0.1) is 0 Å². The van der Waals surface area contributed by atoms with Gasteiger partial charge < -0.3 is 10.0 Å². The summed E-state index contributed by atoms with van der Waals surface area (Å²) >= 11 is 0. The number of benzene rings is 1. The highest BCUT2D eigenvalue weighted by atomic mass is 16.3. The van der Waals surface area contributed by atoms with Crippen molar-refractivity contribution in [2.24, 2.45) is 5.92 Å². The summed E-state index contributed by atoms with van der Waals surface area (Å²) in [6, 6.07) is 8.37. The fraction of sp³-hybridized carbons (Fsp3) is 0.611. The number of rotatable bonds is 6. The van der Waals surface area contributed by atoms with E-state index in [2.05, 4.69) is 45.0 Å². The van der Waals surface area contributed by atoms with Crippen molar-refractivity contribution in [2.45, 2.75) is 51.6 Å². The second kappa shape index (κ2) is 6.18. The van der Waals surface area contributed by atoms with E-state index >= 15 is 0 Å². The Morgan fingerprint density at radius 3 is 2.43 bits per heavy atom. The summed E-state index contributed by atoms with van der Waals surface area (Å²) in [6.07, 6.45) is 2.29. The van der Waals surface area contributed by atoms with Gasteiger partial charge in [0.05, 0.1) is 6.10 Å². The van der Waals surface area contributed by atoms with Crippen LogP contribution in [0.2, 0.25) is 0 Å². The van der Waals surface area contributed by atoms with Crippen molar-refractivity contribution in [3.63, 3.8) is 0 Å². The number of carbonyl (C=O) groups excluding carboxylic acids is 1. The summed E-state index contributed by atoms with van der Waals surface area (Å²) < 4.78 is 0. The van der Waals surface area contributed by atoms with Gasteiger partial charge in [0.25, 0.3) is 0 Å². The number of hydrogen-bond acceptors (Lipinski definition) is 2. The molecule has 1 saturated carbocycles. The van der Waals surface area contributed by atoms with Gasteiger partial charge in [0, 0.05) is 20.0 Å². The third-order valence-electron chi connectivity index (χ3n) is 4.48. The smallest absolute Gasteiger partial charge is 0.223 e. The van der Waals surface area contributed by atoms with E-state index in [0.717, 1.165) is 12.8 Å². The molecule has 1 amide bonds. The van der Waals surface area contributed by atoms with E-state index in [-0.39, 0.29) is 17.4 Å². The molecule has 0 aliphatic heterocycles. The van der Waals surface area contributed by atoms with Gasteiger partial charge in [0.15, 0.2) is 0 Å². The van der Waals surface area contributed by atoms with Crippen LogP contribution in [0, 0.1) is 12.8 Å². The third-order valence-corrected chi connectivity index (χ3v) is 4.48. The highest BCUT2D eigenvalue weighted by Crippen LogP contribution is 2.33. The lowest BCUT2D eigenvalue weighted by atomic mass is 9.81. The van der Waals surface area contributed by atoms with Crippen molar-refractivity contribution < 1.29 is 9.90 Å². The normalized spacial score (nSPS) is 16.6. The molecule has 21 heavy (non-hydrogen) atoms. The Hall–Kier alpha value is -1.35. The SMILES string of the molecule is Cc1ccc(C(C)(C)CC(=O)N(C)CC(O)C2CC2)cc1. The van der Waals surface area contributed by atoms with Crippen molar-refractivity contribution >= 4 is 5.91 Å². The number of aryl methyl sites for hydroxylation is 1. The van der Waals surface area contributed by atoms with E-state index in [1.54, 1.807) is 11.9 Å². The molecule has 1 aromatic carbocycles. The number of carbonyl (C=O) groups is 1. The van der Waals surface area contributed by atoms with Gasteiger partial charge >= 0.3 is 0 Å². The quantitative estimate of drug-likeness (QED) is 0.875.